The molecule has 14 rings (SSSR count). The van der Waals surface area contributed by atoms with Crippen LogP contribution in [-0.2, 0) is 32.1 Å². The first-order valence-electron chi connectivity index (χ1n) is 32.8. The number of aliphatic hydroxyl groups excluding tert-OH is 1. The molecule has 106 heavy (non-hydrogen) atoms. The van der Waals surface area contributed by atoms with Gasteiger partial charge in [0.1, 0.15) is 11.6 Å². The number of hydrogen-bond acceptors (Lipinski definition) is 17. The van der Waals surface area contributed by atoms with Crippen molar-refractivity contribution in [1.82, 2.24) is 0 Å². The number of Topliss-reactive ketones (excluding diaryl/α,β-unsaturated/α-hetero) is 8. The van der Waals surface area contributed by atoms with E-state index in [4.69, 9.17) is 0 Å². The molecule has 6 heterocycles. The maximum atomic E-state index is 13.2. The number of carbonyl (C=O) groups is 10. The minimum atomic E-state index is -0.544. The van der Waals surface area contributed by atoms with Crippen LogP contribution in [0.25, 0.3) is 26.6 Å². The lowest BCUT2D eigenvalue weighted by Gasteiger charge is -2.16. The molecule has 0 atom stereocenters. The molecule has 0 aliphatic heterocycles. The number of aliphatic hydroxyl groups is 1. The smallest absolute Gasteiger partial charge is 0.265 e. The molecule has 2 N–H and O–H groups in total. The number of benzene rings is 6. The Balaban J connectivity index is 0.000000147. The van der Waals surface area contributed by atoms with E-state index in [0.29, 0.717) is 60.1 Å². The number of halogens is 4. The second-order valence-corrected chi connectivity index (χ2v) is 34.8. The van der Waals surface area contributed by atoms with Crippen molar-refractivity contribution in [3.8, 4) is 20.9 Å². The van der Waals surface area contributed by atoms with Crippen LogP contribution in [-0.4, -0.2) is 63.1 Å². The molecule has 1 amide bonds. The van der Waals surface area contributed by atoms with E-state index < -0.39 is 11.6 Å². The summed E-state index contributed by atoms with van der Waals surface area (Å²) in [5.74, 6) is -1.02. The molecule has 0 fully saturated rings. The summed E-state index contributed by atoms with van der Waals surface area (Å²) in [5.41, 5.74) is 12.3. The molecular formula is C84H67Br3FNO11S6. The lowest BCUT2D eigenvalue weighted by Crippen LogP contribution is -2.13. The molecule has 538 valence electrons. The molecule has 0 bridgehead atoms. The van der Waals surface area contributed by atoms with Gasteiger partial charge < -0.3 is 10.4 Å². The fourth-order valence-corrected chi connectivity index (χ4v) is 17.7. The highest BCUT2D eigenvalue weighted by molar-refractivity contribution is 9.11. The van der Waals surface area contributed by atoms with Crippen molar-refractivity contribution in [3.63, 3.8) is 0 Å². The summed E-state index contributed by atoms with van der Waals surface area (Å²) in [6, 6.07) is 56.8. The Morgan fingerprint density at radius 1 is 0.406 bits per heavy atom. The number of aryl methyl sites for hydroxylation is 6. The number of anilines is 1. The summed E-state index contributed by atoms with van der Waals surface area (Å²) < 4.78 is 16.1. The van der Waals surface area contributed by atoms with Crippen molar-refractivity contribution < 1.29 is 57.4 Å². The highest BCUT2D eigenvalue weighted by atomic mass is 79.9. The number of amides is 1. The molecule has 0 unspecified atom stereocenters. The van der Waals surface area contributed by atoms with Crippen LogP contribution in [0.5, 0.6) is 0 Å². The summed E-state index contributed by atoms with van der Waals surface area (Å²) >= 11 is 18.9. The van der Waals surface area contributed by atoms with Crippen molar-refractivity contribution >= 4 is 185 Å². The van der Waals surface area contributed by atoms with Crippen molar-refractivity contribution in [2.45, 2.75) is 80.6 Å². The molecule has 0 saturated heterocycles. The largest absolute Gasteiger partial charge is 0.508 e. The number of thiophene rings is 6. The summed E-state index contributed by atoms with van der Waals surface area (Å²) in [6.07, 6.45) is 4.25. The molecule has 0 radical (unpaired) electrons. The first-order chi connectivity index (χ1) is 50.5. The van der Waals surface area contributed by atoms with Crippen molar-refractivity contribution in [2.75, 3.05) is 5.32 Å². The van der Waals surface area contributed by atoms with Gasteiger partial charge in [0.05, 0.1) is 36.8 Å². The predicted octanol–water partition coefficient (Wildman–Crippen LogP) is 23.6. The van der Waals surface area contributed by atoms with E-state index in [2.05, 4.69) is 84.0 Å². The molecule has 0 saturated carbocycles. The Labute approximate surface area is 662 Å². The highest BCUT2D eigenvalue weighted by Crippen LogP contribution is 2.42. The molecule has 2 aliphatic rings. The monoisotopic (exact) mass is 1710 g/mol. The van der Waals surface area contributed by atoms with E-state index in [1.807, 2.05) is 68.4 Å². The van der Waals surface area contributed by atoms with E-state index >= 15 is 0 Å². The Kier molecular flexibility index (Phi) is 28.6. The molecule has 12 nitrogen and oxygen atoms in total. The van der Waals surface area contributed by atoms with Gasteiger partial charge in [0.25, 0.3) is 5.91 Å². The Hall–Kier alpha value is -9.07. The third-order valence-electron chi connectivity index (χ3n) is 16.4. The second kappa shape index (κ2) is 37.5. The third kappa shape index (κ3) is 22.0. The average Bonchev–Trinajstić information content (AvgIpc) is 1.62. The Morgan fingerprint density at radius 3 is 1.29 bits per heavy atom. The van der Waals surface area contributed by atoms with Crippen LogP contribution in [0.4, 0.5) is 10.1 Å². The van der Waals surface area contributed by atoms with Gasteiger partial charge in [-0.3, -0.25) is 47.9 Å². The van der Waals surface area contributed by atoms with Crippen LogP contribution in [0.1, 0.15) is 183 Å². The lowest BCUT2D eigenvalue weighted by atomic mass is 9.91. The number of carbonyl (C=O) groups excluding carboxylic acids is 10. The van der Waals surface area contributed by atoms with Gasteiger partial charge in [0.15, 0.2) is 34.7 Å². The van der Waals surface area contributed by atoms with E-state index in [9.17, 15) is 57.4 Å². The number of ketones is 9. The summed E-state index contributed by atoms with van der Waals surface area (Å²) in [5, 5.41) is 12.0. The van der Waals surface area contributed by atoms with Crippen LogP contribution in [0, 0.1) is 19.7 Å². The fourth-order valence-electron chi connectivity index (χ4n) is 10.7. The zero-order valence-electron chi connectivity index (χ0n) is 58.2. The van der Waals surface area contributed by atoms with Gasteiger partial charge in [-0.2, -0.15) is 0 Å². The van der Waals surface area contributed by atoms with E-state index in [1.165, 1.54) is 123 Å². The number of nitrogens with one attached hydrogen (secondary N) is 1. The van der Waals surface area contributed by atoms with Gasteiger partial charge in [0.2, 0.25) is 17.3 Å². The normalized spacial score (nSPS) is 11.1. The Bertz CT molecular complexity index is 5110. The predicted molar refractivity (Wildman–Crippen MR) is 440 cm³/mol. The van der Waals surface area contributed by atoms with Gasteiger partial charge >= 0.3 is 0 Å². The number of fused-ring (bicyclic) bond motifs is 6. The summed E-state index contributed by atoms with van der Waals surface area (Å²) in [6.45, 7) is 15.0. The lowest BCUT2D eigenvalue weighted by molar-refractivity contribution is 0.0819. The SMILES string of the molecule is C=C(O)c1ccc(C(=O)c2ccc(Br)s2)cc1.CC(=O)c1cc2c(s1)-c1ccc(Br)cc1CC2.CC(=O)c1cc2c(s1)-c1ccc(F)cc1CC2.CC(=O)c1ccc(C(=O)C(=O)c2ccc(C)s2)cc1.CC(=O)c1ccc(CC(=O)c2ccc(C)s2)cc1.CC(=O)c1ccc(NC(=O)c2ccc(Br)s2)cc1. The minimum Gasteiger partial charge on any atom is -0.508 e. The second-order valence-electron chi connectivity index (χ2n) is 24.3. The van der Waals surface area contributed by atoms with Crippen LogP contribution >= 0.6 is 116 Å². The molecule has 6 aromatic heterocycles. The van der Waals surface area contributed by atoms with Gasteiger partial charge in [-0.05, 0) is 254 Å². The van der Waals surface area contributed by atoms with E-state index in [-0.39, 0.29) is 58.0 Å². The maximum absolute atomic E-state index is 13.2. The van der Waals surface area contributed by atoms with Gasteiger partial charge in [-0.25, -0.2) is 4.39 Å². The number of hydrogen-bond donors (Lipinski definition) is 2. The first kappa shape index (κ1) is 81.0. The average molecular weight is 1720 g/mol. The third-order valence-corrected chi connectivity index (χ3v) is 24.8. The Morgan fingerprint density at radius 2 is 0.830 bits per heavy atom. The van der Waals surface area contributed by atoms with E-state index in [0.717, 1.165) is 83.7 Å². The topological polar surface area (TPSA) is 203 Å². The van der Waals surface area contributed by atoms with Crippen LogP contribution in [0.2, 0.25) is 0 Å². The molecule has 12 aromatic rings. The highest BCUT2D eigenvalue weighted by Gasteiger charge is 2.24. The van der Waals surface area contributed by atoms with Crippen LogP contribution in [0.15, 0.2) is 213 Å². The summed E-state index contributed by atoms with van der Waals surface area (Å²) in [4.78, 5) is 125. The van der Waals surface area contributed by atoms with Gasteiger partial charge in [-0.15, -0.1) is 68.0 Å². The summed E-state index contributed by atoms with van der Waals surface area (Å²) in [7, 11) is 0. The van der Waals surface area contributed by atoms with Crippen LogP contribution < -0.4 is 5.32 Å². The van der Waals surface area contributed by atoms with Crippen molar-refractivity contribution in [2.24, 2.45) is 0 Å². The van der Waals surface area contributed by atoms with Gasteiger partial charge in [-0.1, -0.05) is 107 Å². The van der Waals surface area contributed by atoms with Crippen LogP contribution in [0.3, 0.4) is 0 Å². The van der Waals surface area contributed by atoms with Gasteiger partial charge in [0, 0.05) is 69.5 Å². The molecule has 6 aromatic carbocycles. The molecule has 2 aliphatic carbocycles. The standard InChI is InChI=1S/C15H12O3S.C15H14O2S.C14H11BrOS.C14H11FOS.C13H10BrNO2S.C13H9BrO2S/c1-9-3-8-13(19-9)15(18)14(17)12-6-4-11(5-7-12)10(2)16;1-10-3-8-15(18-10)14(17)9-12-4-6-13(7-5-12)11(2)16;2*1-8(16)13-7-10-3-2-9-6-11(15)4-5-12(9)14(10)17-13;1-8(16)9-2-4-10(5-3-9)15-13(17)11-6-7-12(14)18-11;1-8(15)9-2-4-10(5-3-9)13(16)11-6-7-12(14)17-11/h3-8H,1-2H3;3-8H,9H2,1-2H3;2*4-7H,2-3H2,1H3;2-7H,1H3,(H,15,17);2-7,15H,1H2. The zero-order chi connectivity index (χ0) is 76.6. The minimum absolute atomic E-state index is 0.00265. The zero-order valence-corrected chi connectivity index (χ0v) is 67.9. The fraction of sp³-hybridized carbons (Fsp3) is 0.143. The molecule has 0 spiro atoms. The first-order valence-corrected chi connectivity index (χ1v) is 40.0. The van der Waals surface area contributed by atoms with Crippen molar-refractivity contribution in [1.29, 1.82) is 0 Å². The molecular weight excluding hydrogens is 1650 g/mol. The quantitative estimate of drug-likeness (QED) is 0.0529. The van der Waals surface area contributed by atoms with Crippen molar-refractivity contribution in [3.05, 3.63) is 319 Å². The maximum Gasteiger partial charge on any atom is 0.265 e. The number of rotatable bonds is 16. The molecule has 22 heteroatoms. The van der Waals surface area contributed by atoms with E-state index in [1.54, 1.807) is 122 Å².